The lowest BCUT2D eigenvalue weighted by Crippen LogP contribution is -2.21. The molecule has 1 nitrogen and oxygen atoms in total. The second kappa shape index (κ2) is 2.31. The van der Waals surface area contributed by atoms with Crippen molar-refractivity contribution in [2.75, 3.05) is 0 Å². The molecule has 1 aliphatic rings. The summed E-state index contributed by atoms with van der Waals surface area (Å²) in [5.74, 6) is 0.585. The third kappa shape index (κ3) is 1.45. The van der Waals surface area contributed by atoms with Gasteiger partial charge in [-0.05, 0) is 13.8 Å². The van der Waals surface area contributed by atoms with Gasteiger partial charge in [-0.3, -0.25) is 4.79 Å². The van der Waals surface area contributed by atoms with Crippen LogP contribution in [0.1, 0.15) is 13.8 Å². The average molecular weight is 168 g/mol. The van der Waals surface area contributed by atoms with Crippen LogP contribution in [-0.4, -0.2) is 13.9 Å². The van der Waals surface area contributed by atoms with Crippen LogP contribution in [0.25, 0.3) is 0 Å². The molecule has 0 aliphatic heterocycles. The predicted molar refractivity (Wildman–Crippen MR) is 50.2 cm³/mol. The summed E-state index contributed by atoms with van der Waals surface area (Å²) in [5, 5.41) is 1.49. The maximum Gasteiger partial charge on any atom is 0.140 e. The van der Waals surface area contributed by atoms with E-state index < -0.39 is 8.07 Å². The molecule has 11 heavy (non-hydrogen) atoms. The Labute approximate surface area is 69.5 Å². The summed E-state index contributed by atoms with van der Waals surface area (Å²) >= 11 is 0. The molecule has 0 bridgehead atoms. The topological polar surface area (TPSA) is 17.1 Å². The molecule has 0 aromatic rings. The first-order valence-corrected chi connectivity index (χ1v) is 7.57. The molecule has 0 fully saturated rings. The first-order chi connectivity index (χ1) is 4.85. The van der Waals surface area contributed by atoms with Gasteiger partial charge in [-0.2, -0.15) is 0 Å². The van der Waals surface area contributed by atoms with E-state index in [4.69, 9.17) is 0 Å². The Bertz CT molecular complexity index is 232. The van der Waals surface area contributed by atoms with Crippen molar-refractivity contribution in [1.82, 2.24) is 0 Å². The Morgan fingerprint density at radius 3 is 1.91 bits per heavy atom. The molecule has 1 rings (SSSR count). The van der Waals surface area contributed by atoms with Gasteiger partial charge in [-0.1, -0.05) is 30.4 Å². The highest BCUT2D eigenvalue weighted by molar-refractivity contribution is 6.84. The fourth-order valence-electron chi connectivity index (χ4n) is 1.86. The second-order valence-electron chi connectivity index (χ2n) is 4.39. The first-order valence-electron chi connectivity index (χ1n) is 4.07. The van der Waals surface area contributed by atoms with E-state index in [1.54, 1.807) is 6.92 Å². The minimum absolute atomic E-state index is 0.252. The Hall–Kier alpha value is -0.373. The van der Waals surface area contributed by atoms with Crippen LogP contribution >= 0.6 is 0 Å². The Morgan fingerprint density at radius 2 is 1.82 bits per heavy atom. The molecule has 0 radical (unpaired) electrons. The van der Waals surface area contributed by atoms with Gasteiger partial charge in [0.2, 0.25) is 0 Å². The molecule has 0 saturated carbocycles. The number of Topliss-reactive ketones (excluding diaryl/α,β-unsaturated/α-hetero) is 1. The number of rotatable bonds is 2. The molecule has 2 heteroatoms. The molecule has 0 aromatic heterocycles. The van der Waals surface area contributed by atoms with Crippen LogP contribution in [0, 0.1) is 5.92 Å². The van der Waals surface area contributed by atoms with E-state index in [-0.39, 0.29) is 5.92 Å². The zero-order valence-electron chi connectivity index (χ0n) is 7.99. The molecule has 62 valence electrons. The quantitative estimate of drug-likeness (QED) is 0.579. The van der Waals surface area contributed by atoms with Gasteiger partial charge in [0.25, 0.3) is 0 Å². The van der Waals surface area contributed by atoms with Crippen LogP contribution in [0.5, 0.6) is 0 Å². The van der Waals surface area contributed by atoms with E-state index in [1.165, 1.54) is 10.8 Å². The van der Waals surface area contributed by atoms with E-state index in [0.717, 1.165) is 0 Å². The molecule has 1 aliphatic carbocycles. The van der Waals surface area contributed by atoms with E-state index >= 15 is 0 Å². The number of allylic oxidation sites excluding steroid dienone is 2. The van der Waals surface area contributed by atoms with Gasteiger partial charge in [0.1, 0.15) is 5.78 Å². The fraction of sp³-hybridized carbons (Fsp3) is 0.667. The summed E-state index contributed by atoms with van der Waals surface area (Å²) in [6.45, 7) is 10.7. The zero-order chi connectivity index (χ0) is 8.81. The summed E-state index contributed by atoms with van der Waals surface area (Å²) in [7, 11) is -1.15. The number of ketones is 1. The molecule has 0 aromatic carbocycles. The summed E-state index contributed by atoms with van der Waals surface area (Å²) in [6.07, 6.45) is 0. The van der Waals surface area contributed by atoms with Crippen molar-refractivity contribution in [2.45, 2.75) is 33.5 Å². The summed E-state index contributed by atoms with van der Waals surface area (Å²) in [5.41, 5.74) is 1.36. The number of carbonyl (C=O) groups is 1. The lowest BCUT2D eigenvalue weighted by atomic mass is 10.2. The summed E-state index contributed by atoms with van der Waals surface area (Å²) in [6, 6.07) is 0. The third-order valence-corrected chi connectivity index (χ3v) is 4.58. The van der Waals surface area contributed by atoms with Crippen molar-refractivity contribution in [1.29, 1.82) is 0 Å². The fourth-order valence-corrected chi connectivity index (χ4v) is 4.40. The second-order valence-corrected chi connectivity index (χ2v) is 9.43. The van der Waals surface area contributed by atoms with Crippen molar-refractivity contribution < 1.29 is 4.79 Å². The van der Waals surface area contributed by atoms with E-state index in [9.17, 15) is 4.79 Å². The Kier molecular flexibility index (Phi) is 1.83. The smallest absolute Gasteiger partial charge is 0.140 e. The normalized spacial score (nSPS) is 23.9. The molecule has 1 atom stereocenters. The third-order valence-electron chi connectivity index (χ3n) is 2.28. The monoisotopic (exact) mass is 168 g/mol. The highest BCUT2D eigenvalue weighted by Gasteiger charge is 2.43. The maximum absolute atomic E-state index is 11.1. The van der Waals surface area contributed by atoms with Crippen LogP contribution < -0.4 is 0 Å². The van der Waals surface area contributed by atoms with Crippen molar-refractivity contribution in [3.05, 3.63) is 10.8 Å². The maximum atomic E-state index is 11.1. The van der Waals surface area contributed by atoms with Gasteiger partial charge in [0.15, 0.2) is 0 Å². The molecule has 0 amide bonds. The van der Waals surface area contributed by atoms with Crippen LogP contribution in [-0.2, 0) is 4.79 Å². The van der Waals surface area contributed by atoms with Crippen molar-refractivity contribution in [3.8, 4) is 0 Å². The zero-order valence-corrected chi connectivity index (χ0v) is 8.99. The summed E-state index contributed by atoms with van der Waals surface area (Å²) in [4.78, 5) is 11.1. The number of carbonyl (C=O) groups excluding carboxylic acids is 1. The Morgan fingerprint density at radius 1 is 1.36 bits per heavy atom. The van der Waals surface area contributed by atoms with Crippen LogP contribution in [0.15, 0.2) is 10.8 Å². The minimum Gasteiger partial charge on any atom is -0.299 e. The summed E-state index contributed by atoms with van der Waals surface area (Å²) < 4.78 is 0. The van der Waals surface area contributed by atoms with Gasteiger partial charge in [-0.15, -0.1) is 0 Å². The first kappa shape index (κ1) is 8.72. The number of hydrogen-bond donors (Lipinski definition) is 0. The largest absolute Gasteiger partial charge is 0.299 e. The highest BCUT2D eigenvalue weighted by atomic mass is 28.3. The highest BCUT2D eigenvalue weighted by Crippen LogP contribution is 2.45. The SMILES string of the molecule is CC(=O)C1C(C)=C1[Si](C)(C)C. The van der Waals surface area contributed by atoms with Gasteiger partial charge in [0, 0.05) is 0 Å². The van der Waals surface area contributed by atoms with E-state index in [0.29, 0.717) is 5.78 Å². The van der Waals surface area contributed by atoms with Crippen LogP contribution in [0.2, 0.25) is 19.6 Å². The average Bonchev–Trinajstić information content (AvgIpc) is 2.38. The Balaban J connectivity index is 2.73. The molecule has 1 unspecified atom stereocenters. The lowest BCUT2D eigenvalue weighted by molar-refractivity contribution is -0.117. The van der Waals surface area contributed by atoms with E-state index in [1.807, 2.05) is 0 Å². The molecular weight excluding hydrogens is 152 g/mol. The van der Waals surface area contributed by atoms with Gasteiger partial charge in [0.05, 0.1) is 14.0 Å². The lowest BCUT2D eigenvalue weighted by Gasteiger charge is -2.11. The molecule has 0 saturated heterocycles. The molecule has 0 N–H and O–H groups in total. The van der Waals surface area contributed by atoms with Crippen molar-refractivity contribution in [2.24, 2.45) is 5.92 Å². The van der Waals surface area contributed by atoms with Crippen LogP contribution in [0.3, 0.4) is 0 Å². The van der Waals surface area contributed by atoms with Crippen molar-refractivity contribution >= 4 is 13.9 Å². The molecular formula is C9H16OSi. The minimum atomic E-state index is -1.15. The van der Waals surface area contributed by atoms with Gasteiger partial charge >= 0.3 is 0 Å². The molecule has 0 spiro atoms. The van der Waals surface area contributed by atoms with Gasteiger partial charge < -0.3 is 0 Å². The predicted octanol–water partition coefficient (Wildman–Crippen LogP) is 2.40. The van der Waals surface area contributed by atoms with Gasteiger partial charge in [-0.25, -0.2) is 0 Å². The van der Waals surface area contributed by atoms with Crippen LogP contribution in [0.4, 0.5) is 0 Å². The van der Waals surface area contributed by atoms with Crippen molar-refractivity contribution in [3.63, 3.8) is 0 Å². The standard InChI is InChI=1S/C9H16OSi/c1-6-8(7(2)10)9(6)11(3,4)5/h8H,1-5H3. The van der Waals surface area contributed by atoms with E-state index in [2.05, 4.69) is 26.6 Å². The molecule has 0 heterocycles. The number of hydrogen-bond acceptors (Lipinski definition) is 1.